The van der Waals surface area contributed by atoms with Gasteiger partial charge in [0, 0.05) is 11.6 Å². The highest BCUT2D eigenvalue weighted by Gasteiger charge is 2.34. The number of aromatic nitrogens is 1. The largest absolute Gasteiger partial charge is 0.463 e. The molecule has 6 nitrogen and oxygen atoms in total. The lowest BCUT2D eigenvalue weighted by Gasteiger charge is -2.25. The normalized spacial score (nSPS) is 15.5. The van der Waals surface area contributed by atoms with Gasteiger partial charge in [0.25, 0.3) is 5.56 Å². The molecule has 10 heteroatoms. The van der Waals surface area contributed by atoms with Crippen LogP contribution in [0.4, 0.5) is 13.2 Å². The Kier molecular flexibility index (Phi) is 6.94. The van der Waals surface area contributed by atoms with Crippen molar-refractivity contribution in [3.63, 3.8) is 0 Å². The molecule has 1 aliphatic rings. The fraction of sp³-hybridized carbons (Fsp3) is 0.156. The van der Waals surface area contributed by atoms with Crippen molar-refractivity contribution in [2.24, 2.45) is 4.99 Å². The average Bonchev–Trinajstić information content (AvgIpc) is 3.56. The van der Waals surface area contributed by atoms with Crippen molar-refractivity contribution >= 4 is 34.2 Å². The molecule has 212 valence electrons. The third kappa shape index (κ3) is 4.87. The van der Waals surface area contributed by atoms with Gasteiger partial charge in [-0.1, -0.05) is 65.9 Å². The molecule has 5 aromatic rings. The first-order valence-electron chi connectivity index (χ1n) is 13.1. The summed E-state index contributed by atoms with van der Waals surface area (Å²) in [5.74, 6) is -0.0346. The molecule has 3 aromatic carbocycles. The van der Waals surface area contributed by atoms with Crippen LogP contribution in [0.2, 0.25) is 0 Å². The maximum atomic E-state index is 13.9. The molecule has 0 aliphatic carbocycles. The summed E-state index contributed by atoms with van der Waals surface area (Å²) >= 11 is 1.14. The summed E-state index contributed by atoms with van der Waals surface area (Å²) in [4.78, 5) is 32.2. The number of rotatable bonds is 5. The summed E-state index contributed by atoms with van der Waals surface area (Å²) in [5.41, 5.74) is 0.566. The minimum Gasteiger partial charge on any atom is -0.463 e. The smallest absolute Gasteiger partial charge is 0.416 e. The second kappa shape index (κ2) is 10.6. The number of carbonyl (C=O) groups is 1. The minimum atomic E-state index is -4.49. The van der Waals surface area contributed by atoms with Crippen LogP contribution in [0.3, 0.4) is 0 Å². The Bertz CT molecular complexity index is 2060. The molecule has 0 saturated carbocycles. The first-order valence-corrected chi connectivity index (χ1v) is 13.9. The van der Waals surface area contributed by atoms with E-state index in [1.165, 1.54) is 22.8 Å². The standard InChI is InChI=1S/C32H23F3N2O4S/c1-3-40-30(39)27-18(2)36-31-37(28(27)24-13-7-9-19-8-4-5-12-23(19)24)29(38)26(42-31)17-22-14-15-25(41-22)20-10-6-11-21(16-20)32(33,34)35/h4-17,28H,3H2,1-2H3/b26-17+/t28-/m1/s1. The Morgan fingerprint density at radius 3 is 2.62 bits per heavy atom. The molecule has 0 fully saturated rings. The lowest BCUT2D eigenvalue weighted by Crippen LogP contribution is -2.40. The minimum absolute atomic E-state index is 0.162. The topological polar surface area (TPSA) is 73.8 Å². The van der Waals surface area contributed by atoms with Gasteiger partial charge in [0.15, 0.2) is 4.80 Å². The maximum absolute atomic E-state index is 13.9. The van der Waals surface area contributed by atoms with Gasteiger partial charge in [-0.25, -0.2) is 9.79 Å². The third-order valence-electron chi connectivity index (χ3n) is 7.01. The van der Waals surface area contributed by atoms with Crippen LogP contribution in [0.5, 0.6) is 0 Å². The summed E-state index contributed by atoms with van der Waals surface area (Å²) in [6.07, 6.45) is -2.95. The Balaban J connectivity index is 1.49. The second-order valence-electron chi connectivity index (χ2n) is 9.65. The maximum Gasteiger partial charge on any atom is 0.416 e. The van der Waals surface area contributed by atoms with E-state index in [-0.39, 0.29) is 34.8 Å². The van der Waals surface area contributed by atoms with E-state index in [4.69, 9.17) is 9.15 Å². The molecule has 0 N–H and O–H groups in total. The number of hydrogen-bond donors (Lipinski definition) is 0. The average molecular weight is 589 g/mol. The summed E-state index contributed by atoms with van der Waals surface area (Å²) in [6, 6.07) is 20.6. The van der Waals surface area contributed by atoms with Gasteiger partial charge in [-0.3, -0.25) is 9.36 Å². The van der Waals surface area contributed by atoms with Crippen LogP contribution in [-0.4, -0.2) is 17.1 Å². The van der Waals surface area contributed by atoms with Crippen LogP contribution in [0.15, 0.2) is 104 Å². The predicted octanol–water partition coefficient (Wildman–Crippen LogP) is 6.23. The number of thiazole rings is 1. The molecule has 0 spiro atoms. The monoisotopic (exact) mass is 588 g/mol. The fourth-order valence-corrected chi connectivity index (χ4v) is 6.16. The number of esters is 1. The third-order valence-corrected chi connectivity index (χ3v) is 7.99. The highest BCUT2D eigenvalue weighted by atomic mass is 32.1. The van der Waals surface area contributed by atoms with Crippen LogP contribution in [-0.2, 0) is 15.7 Å². The van der Waals surface area contributed by atoms with E-state index < -0.39 is 23.8 Å². The van der Waals surface area contributed by atoms with E-state index in [2.05, 4.69) is 4.99 Å². The Labute approximate surface area is 241 Å². The molecule has 6 rings (SSSR count). The number of benzene rings is 3. The number of nitrogens with zero attached hydrogens (tertiary/aromatic N) is 2. The van der Waals surface area contributed by atoms with Crippen molar-refractivity contribution in [1.29, 1.82) is 0 Å². The highest BCUT2D eigenvalue weighted by molar-refractivity contribution is 7.07. The fourth-order valence-electron chi connectivity index (χ4n) is 5.14. The van der Waals surface area contributed by atoms with Gasteiger partial charge in [0.1, 0.15) is 11.5 Å². The SMILES string of the molecule is CCOC(=O)C1=C(C)N=c2s/c(=C/c3ccc(-c4cccc(C(F)(F)F)c4)o3)c(=O)n2[C@@H]1c1cccc2ccccc12. The number of fused-ring (bicyclic) bond motifs is 2. The molecule has 0 unspecified atom stereocenters. The summed E-state index contributed by atoms with van der Waals surface area (Å²) < 4.78 is 52.6. The molecular weight excluding hydrogens is 565 g/mol. The van der Waals surface area contributed by atoms with Gasteiger partial charge in [-0.2, -0.15) is 13.2 Å². The van der Waals surface area contributed by atoms with Gasteiger partial charge in [0.05, 0.1) is 34.0 Å². The number of ether oxygens (including phenoxy) is 1. The van der Waals surface area contributed by atoms with E-state index in [1.807, 2.05) is 42.5 Å². The van der Waals surface area contributed by atoms with Crippen molar-refractivity contribution in [3.8, 4) is 11.3 Å². The quantitative estimate of drug-likeness (QED) is 0.228. The summed E-state index contributed by atoms with van der Waals surface area (Å²) in [7, 11) is 0. The van der Waals surface area contributed by atoms with Crippen molar-refractivity contribution in [2.75, 3.05) is 6.61 Å². The first kappa shape index (κ1) is 27.5. The molecule has 0 amide bonds. The van der Waals surface area contributed by atoms with E-state index in [0.717, 1.165) is 39.8 Å². The molecule has 1 atom stereocenters. The lowest BCUT2D eigenvalue weighted by molar-refractivity contribution is -0.139. The molecule has 42 heavy (non-hydrogen) atoms. The van der Waals surface area contributed by atoms with Gasteiger partial charge < -0.3 is 9.15 Å². The van der Waals surface area contributed by atoms with Crippen molar-refractivity contribution in [1.82, 2.24) is 4.57 Å². The van der Waals surface area contributed by atoms with Crippen LogP contribution in [0.1, 0.15) is 36.8 Å². The molecule has 0 bridgehead atoms. The predicted molar refractivity (Wildman–Crippen MR) is 153 cm³/mol. The Hall–Kier alpha value is -4.70. The number of allylic oxidation sites excluding steroid dienone is 1. The van der Waals surface area contributed by atoms with Gasteiger partial charge in [-0.15, -0.1) is 0 Å². The number of hydrogen-bond acceptors (Lipinski definition) is 6. The van der Waals surface area contributed by atoms with Crippen LogP contribution >= 0.6 is 11.3 Å². The summed E-state index contributed by atoms with van der Waals surface area (Å²) in [5, 5.41) is 1.83. The Morgan fingerprint density at radius 2 is 1.83 bits per heavy atom. The number of carbonyl (C=O) groups excluding carboxylic acids is 1. The van der Waals surface area contributed by atoms with Gasteiger partial charge in [-0.05, 0) is 54.4 Å². The zero-order valence-corrected chi connectivity index (χ0v) is 23.3. The first-order chi connectivity index (χ1) is 20.2. The Morgan fingerprint density at radius 1 is 1.07 bits per heavy atom. The van der Waals surface area contributed by atoms with E-state index in [0.29, 0.717) is 15.0 Å². The van der Waals surface area contributed by atoms with Crippen LogP contribution < -0.4 is 14.9 Å². The van der Waals surface area contributed by atoms with Crippen molar-refractivity contribution in [2.45, 2.75) is 26.1 Å². The number of furan rings is 1. The molecule has 1 aliphatic heterocycles. The second-order valence-corrected chi connectivity index (χ2v) is 10.7. The van der Waals surface area contributed by atoms with Crippen molar-refractivity contribution < 1.29 is 27.1 Å². The lowest BCUT2D eigenvalue weighted by atomic mass is 9.91. The number of halogens is 3. The zero-order valence-electron chi connectivity index (χ0n) is 22.4. The van der Waals surface area contributed by atoms with E-state index in [9.17, 15) is 22.8 Å². The van der Waals surface area contributed by atoms with Gasteiger partial charge in [0.2, 0.25) is 0 Å². The zero-order chi connectivity index (χ0) is 29.6. The number of alkyl halides is 3. The molecule has 3 heterocycles. The molecule has 2 aromatic heterocycles. The molecule has 0 saturated heterocycles. The summed E-state index contributed by atoms with van der Waals surface area (Å²) in [6.45, 7) is 3.59. The molecular formula is C32H23F3N2O4S. The van der Waals surface area contributed by atoms with E-state index >= 15 is 0 Å². The molecule has 0 radical (unpaired) electrons. The van der Waals surface area contributed by atoms with Gasteiger partial charge >= 0.3 is 12.1 Å². The highest BCUT2D eigenvalue weighted by Crippen LogP contribution is 2.35. The van der Waals surface area contributed by atoms with Crippen molar-refractivity contribution in [3.05, 3.63) is 127 Å². The van der Waals surface area contributed by atoms with Crippen LogP contribution in [0.25, 0.3) is 28.2 Å². The van der Waals surface area contributed by atoms with E-state index in [1.54, 1.807) is 26.0 Å². The van der Waals surface area contributed by atoms with Crippen LogP contribution in [0, 0.1) is 0 Å².